The number of nitrogens with one attached hydrogen (secondary N) is 1. The Balaban J connectivity index is 1.85. The summed E-state index contributed by atoms with van der Waals surface area (Å²) >= 11 is 0. The lowest BCUT2D eigenvalue weighted by Crippen LogP contribution is -2.37. The third-order valence-corrected chi connectivity index (χ3v) is 4.48. The molecule has 1 saturated heterocycles. The highest BCUT2D eigenvalue weighted by Crippen LogP contribution is 2.29. The van der Waals surface area contributed by atoms with Crippen molar-refractivity contribution in [2.75, 3.05) is 36.9 Å². The van der Waals surface area contributed by atoms with E-state index in [4.69, 9.17) is 20.9 Å². The minimum atomic E-state index is 0.278. The Kier molecular flexibility index (Phi) is 4.76. The van der Waals surface area contributed by atoms with Crippen LogP contribution >= 0.6 is 0 Å². The number of anilines is 2. The van der Waals surface area contributed by atoms with Crippen molar-refractivity contribution in [1.29, 1.82) is 5.41 Å². The first kappa shape index (κ1) is 17.1. The van der Waals surface area contributed by atoms with Crippen LogP contribution < -0.4 is 10.6 Å². The average Bonchev–Trinajstić information content (AvgIpc) is 2.75. The van der Waals surface area contributed by atoms with Crippen LogP contribution in [0.2, 0.25) is 0 Å². The van der Waals surface area contributed by atoms with E-state index in [2.05, 4.69) is 14.9 Å². The molecule has 0 atom stereocenters. The third-order valence-electron chi connectivity index (χ3n) is 4.48. The van der Waals surface area contributed by atoms with E-state index < -0.39 is 0 Å². The van der Waals surface area contributed by atoms with Gasteiger partial charge in [0.05, 0.1) is 30.3 Å². The summed E-state index contributed by atoms with van der Waals surface area (Å²) in [5.41, 5.74) is 9.76. The summed E-state index contributed by atoms with van der Waals surface area (Å²) in [4.78, 5) is 15.5. The quantitative estimate of drug-likeness (QED) is 0.693. The molecule has 27 heavy (non-hydrogen) atoms. The van der Waals surface area contributed by atoms with E-state index in [-0.39, 0.29) is 5.71 Å². The van der Waals surface area contributed by atoms with Crippen molar-refractivity contribution in [1.82, 2.24) is 15.0 Å². The van der Waals surface area contributed by atoms with Gasteiger partial charge in [0.15, 0.2) is 0 Å². The Morgan fingerprint density at radius 2 is 1.70 bits per heavy atom. The first-order valence-electron chi connectivity index (χ1n) is 8.79. The van der Waals surface area contributed by atoms with Crippen LogP contribution in [0, 0.1) is 5.41 Å². The summed E-state index contributed by atoms with van der Waals surface area (Å²) in [6.07, 6.45) is 3.40. The van der Waals surface area contributed by atoms with Gasteiger partial charge in [-0.05, 0) is 12.1 Å². The zero-order valence-corrected chi connectivity index (χ0v) is 14.8. The molecule has 7 nitrogen and oxygen atoms in total. The summed E-state index contributed by atoms with van der Waals surface area (Å²) in [5, 5.41) is 8.66. The molecule has 1 aromatic carbocycles. The Morgan fingerprint density at radius 3 is 2.41 bits per heavy atom. The fourth-order valence-electron chi connectivity index (χ4n) is 3.02. The number of pyridine rings is 1. The number of hydrogen-bond acceptors (Lipinski definition) is 7. The standard InChI is InChI=1S/C20H20N6O/c21-16(14-4-2-1-3-5-14)19-17(22)18(15-6-8-23-9-7-15)24-20(25-19)26-10-12-27-13-11-26/h1-9,21H,10-13,22H2. The number of nitrogen functional groups attached to an aromatic ring is 1. The molecule has 7 heteroatoms. The van der Waals surface area contributed by atoms with Gasteiger partial charge in [-0.2, -0.15) is 0 Å². The maximum atomic E-state index is 8.66. The second-order valence-corrected chi connectivity index (χ2v) is 6.21. The number of nitrogens with two attached hydrogens (primary N) is 1. The van der Waals surface area contributed by atoms with Gasteiger partial charge in [-0.25, -0.2) is 9.97 Å². The molecular formula is C20H20N6O. The zero-order valence-electron chi connectivity index (χ0n) is 14.8. The number of rotatable bonds is 4. The van der Waals surface area contributed by atoms with Crippen LogP contribution in [0.15, 0.2) is 54.9 Å². The molecule has 3 N–H and O–H groups in total. The van der Waals surface area contributed by atoms with Crippen molar-refractivity contribution in [3.8, 4) is 11.3 Å². The van der Waals surface area contributed by atoms with E-state index >= 15 is 0 Å². The van der Waals surface area contributed by atoms with Gasteiger partial charge in [0.1, 0.15) is 5.69 Å². The molecule has 0 radical (unpaired) electrons. The number of hydrogen-bond donors (Lipinski definition) is 2. The van der Waals surface area contributed by atoms with Crippen LogP contribution in [0.1, 0.15) is 11.3 Å². The maximum Gasteiger partial charge on any atom is 0.226 e. The van der Waals surface area contributed by atoms with Crippen LogP contribution in [-0.2, 0) is 4.74 Å². The summed E-state index contributed by atoms with van der Waals surface area (Å²) in [7, 11) is 0. The molecule has 0 amide bonds. The normalized spacial score (nSPS) is 14.1. The van der Waals surface area contributed by atoms with Gasteiger partial charge in [-0.15, -0.1) is 0 Å². The molecule has 2 aromatic heterocycles. The zero-order chi connectivity index (χ0) is 18.6. The van der Waals surface area contributed by atoms with E-state index in [1.165, 1.54) is 0 Å². The number of morpholine rings is 1. The van der Waals surface area contributed by atoms with Crippen LogP contribution in [0.4, 0.5) is 11.6 Å². The predicted octanol–water partition coefficient (Wildman–Crippen LogP) is 2.37. The summed E-state index contributed by atoms with van der Waals surface area (Å²) < 4.78 is 5.43. The average molecular weight is 360 g/mol. The predicted molar refractivity (Wildman–Crippen MR) is 105 cm³/mol. The number of ether oxygens (including phenoxy) is 1. The van der Waals surface area contributed by atoms with Crippen molar-refractivity contribution in [3.05, 3.63) is 66.1 Å². The van der Waals surface area contributed by atoms with Crippen molar-refractivity contribution >= 4 is 17.3 Å². The van der Waals surface area contributed by atoms with E-state index in [0.29, 0.717) is 49.3 Å². The number of benzene rings is 1. The Labute approximate surface area is 157 Å². The number of nitrogens with zero attached hydrogens (tertiary/aromatic N) is 4. The fourth-order valence-corrected chi connectivity index (χ4v) is 3.02. The minimum absolute atomic E-state index is 0.278. The van der Waals surface area contributed by atoms with E-state index in [1.54, 1.807) is 12.4 Å². The maximum absolute atomic E-state index is 8.66. The fraction of sp³-hybridized carbons (Fsp3) is 0.200. The second kappa shape index (κ2) is 7.51. The van der Waals surface area contributed by atoms with Gasteiger partial charge in [-0.3, -0.25) is 10.4 Å². The van der Waals surface area contributed by atoms with Gasteiger partial charge in [0.2, 0.25) is 5.95 Å². The highest BCUT2D eigenvalue weighted by atomic mass is 16.5. The van der Waals surface area contributed by atoms with Crippen molar-refractivity contribution in [2.24, 2.45) is 0 Å². The summed E-state index contributed by atoms with van der Waals surface area (Å²) in [5.74, 6) is 0.565. The molecular weight excluding hydrogens is 340 g/mol. The lowest BCUT2D eigenvalue weighted by atomic mass is 10.0. The first-order chi connectivity index (χ1) is 13.2. The van der Waals surface area contributed by atoms with E-state index in [1.807, 2.05) is 42.5 Å². The van der Waals surface area contributed by atoms with Gasteiger partial charge in [0.25, 0.3) is 0 Å². The smallest absolute Gasteiger partial charge is 0.226 e. The molecule has 4 rings (SSSR count). The molecule has 0 bridgehead atoms. The number of aromatic nitrogens is 3. The molecule has 136 valence electrons. The lowest BCUT2D eigenvalue weighted by Gasteiger charge is -2.28. The monoisotopic (exact) mass is 360 g/mol. The molecule has 0 saturated carbocycles. The Morgan fingerprint density at radius 1 is 1.00 bits per heavy atom. The van der Waals surface area contributed by atoms with Crippen LogP contribution in [0.25, 0.3) is 11.3 Å². The van der Waals surface area contributed by atoms with E-state index in [9.17, 15) is 0 Å². The molecule has 0 aliphatic carbocycles. The molecule has 1 aliphatic rings. The highest BCUT2D eigenvalue weighted by molar-refractivity contribution is 6.13. The molecule has 1 aliphatic heterocycles. The highest BCUT2D eigenvalue weighted by Gasteiger charge is 2.22. The lowest BCUT2D eigenvalue weighted by molar-refractivity contribution is 0.122. The van der Waals surface area contributed by atoms with Crippen LogP contribution in [-0.4, -0.2) is 47.0 Å². The van der Waals surface area contributed by atoms with Crippen molar-refractivity contribution in [3.63, 3.8) is 0 Å². The van der Waals surface area contributed by atoms with Crippen LogP contribution in [0.5, 0.6) is 0 Å². The topological polar surface area (TPSA) is 101 Å². The summed E-state index contributed by atoms with van der Waals surface area (Å²) in [6.45, 7) is 2.67. The van der Waals surface area contributed by atoms with Gasteiger partial charge < -0.3 is 15.4 Å². The van der Waals surface area contributed by atoms with Crippen molar-refractivity contribution < 1.29 is 4.74 Å². The molecule has 3 heterocycles. The first-order valence-corrected chi connectivity index (χ1v) is 8.79. The second-order valence-electron chi connectivity index (χ2n) is 6.21. The largest absolute Gasteiger partial charge is 0.395 e. The van der Waals surface area contributed by atoms with Crippen molar-refractivity contribution in [2.45, 2.75) is 0 Å². The van der Waals surface area contributed by atoms with Gasteiger partial charge in [0, 0.05) is 36.6 Å². The summed E-state index contributed by atoms with van der Waals surface area (Å²) in [6, 6.07) is 13.2. The third kappa shape index (κ3) is 3.50. The Hall–Kier alpha value is -3.32. The Bertz CT molecular complexity index is 939. The van der Waals surface area contributed by atoms with Gasteiger partial charge in [-0.1, -0.05) is 30.3 Å². The minimum Gasteiger partial charge on any atom is -0.395 e. The molecule has 0 unspecified atom stereocenters. The van der Waals surface area contributed by atoms with Gasteiger partial charge >= 0.3 is 0 Å². The SMILES string of the molecule is N=C(c1ccccc1)c1nc(N2CCOCC2)nc(-c2ccncc2)c1N. The molecule has 1 fully saturated rings. The van der Waals surface area contributed by atoms with Crippen LogP contribution in [0.3, 0.4) is 0 Å². The van der Waals surface area contributed by atoms with E-state index in [0.717, 1.165) is 11.1 Å². The molecule has 0 spiro atoms. The molecule has 3 aromatic rings.